The van der Waals surface area contributed by atoms with Crippen LogP contribution in [0, 0.1) is 35.5 Å². The number of cyclic esters (lactones) is 1. The molecule has 16 heteroatoms. The summed E-state index contributed by atoms with van der Waals surface area (Å²) >= 11 is 0. The lowest BCUT2D eigenvalue weighted by atomic mass is 9.78. The fourth-order valence-electron chi connectivity index (χ4n) is 11.4. The molecule has 1 saturated carbocycles. The SMILES string of the molecule is CO[C@H]1C[C@@H]2CC[C@@H](C)[C@@](O)(O2)C(=O)C(=O)N2CCCC[C@H]2C(=O)O[C@H]([C@H](C)C[C@@H]2CC[C@@H](O[Si](C)(C)C(C)(C)C)[C@H](OC)C2)CC(=O)[C@H](C)/C=C(\C)[C@@H](O[Si](C)(C)C(C)(C)C)[C@@H](OC)C(=O)[C@H](C)C[C@H](C)\C=C/C=C/C=C/1C. The van der Waals surface area contributed by atoms with Gasteiger partial charge < -0.3 is 42.5 Å². The highest BCUT2D eigenvalue weighted by atomic mass is 28.4. The van der Waals surface area contributed by atoms with Gasteiger partial charge in [-0.25, -0.2) is 4.79 Å². The Morgan fingerprint density at radius 3 is 2.00 bits per heavy atom. The number of esters is 1. The van der Waals surface area contributed by atoms with Gasteiger partial charge in [0, 0.05) is 58.5 Å². The second kappa shape index (κ2) is 29.0. The zero-order valence-electron chi connectivity index (χ0n) is 52.5. The summed E-state index contributed by atoms with van der Waals surface area (Å²) in [7, 11) is 0.243. The van der Waals surface area contributed by atoms with Crippen LogP contribution in [0.3, 0.4) is 0 Å². The lowest BCUT2D eigenvalue weighted by molar-refractivity contribution is -0.265. The van der Waals surface area contributed by atoms with Crippen LogP contribution in [0.4, 0.5) is 0 Å². The Hall–Kier alpha value is -2.94. The molecule has 14 nitrogen and oxygen atoms in total. The Bertz CT molecular complexity index is 2190. The van der Waals surface area contributed by atoms with Gasteiger partial charge >= 0.3 is 5.97 Å². The lowest BCUT2D eigenvalue weighted by Gasteiger charge is -2.44. The normalized spacial score (nSPS) is 36.3. The third kappa shape index (κ3) is 18.0. The van der Waals surface area contributed by atoms with E-state index in [2.05, 4.69) is 80.7 Å². The third-order valence-corrected chi connectivity index (χ3v) is 27.9. The second-order valence-electron chi connectivity index (χ2n) is 27.3. The molecule has 0 unspecified atom stereocenters. The van der Waals surface area contributed by atoms with E-state index in [9.17, 15) is 29.1 Å². The van der Waals surface area contributed by atoms with Crippen molar-refractivity contribution in [3.05, 3.63) is 47.6 Å². The molecule has 79 heavy (non-hydrogen) atoms. The Morgan fingerprint density at radius 2 is 1.39 bits per heavy atom. The Morgan fingerprint density at radius 1 is 0.747 bits per heavy atom. The summed E-state index contributed by atoms with van der Waals surface area (Å²) in [6, 6.07) is -1.12. The second-order valence-corrected chi connectivity index (χ2v) is 36.8. The highest BCUT2D eigenvalue weighted by molar-refractivity contribution is 6.74. The average molecular weight is 1140 g/mol. The van der Waals surface area contributed by atoms with Gasteiger partial charge in [0.1, 0.15) is 24.0 Å². The number of fused-ring (bicyclic) bond motifs is 3. The molecule has 15 atom stereocenters. The zero-order chi connectivity index (χ0) is 59.6. The number of piperidine rings is 1. The third-order valence-electron chi connectivity index (χ3n) is 18.9. The number of carbonyl (C=O) groups excluding carboxylic acids is 5. The van der Waals surface area contributed by atoms with Gasteiger partial charge in [-0.15, -0.1) is 0 Å². The van der Waals surface area contributed by atoms with E-state index in [0.717, 1.165) is 24.8 Å². The van der Waals surface area contributed by atoms with Crippen LogP contribution >= 0.6 is 0 Å². The molecular formula is C63H107NO13Si2. The summed E-state index contributed by atoms with van der Waals surface area (Å²) in [5, 5.41) is 12.0. The molecule has 4 aliphatic rings. The molecule has 2 bridgehead atoms. The first-order valence-electron chi connectivity index (χ1n) is 29.8. The van der Waals surface area contributed by atoms with Gasteiger partial charge in [-0.3, -0.25) is 19.2 Å². The first kappa shape index (κ1) is 68.6. The number of ketones is 3. The quantitative estimate of drug-likeness (QED) is 0.0948. The molecule has 0 aromatic heterocycles. The van der Waals surface area contributed by atoms with Crippen molar-refractivity contribution in [3.63, 3.8) is 0 Å². The molecule has 0 aromatic rings. The molecule has 3 heterocycles. The largest absolute Gasteiger partial charge is 0.460 e. The van der Waals surface area contributed by atoms with Crippen molar-refractivity contribution >= 4 is 45.9 Å². The van der Waals surface area contributed by atoms with E-state index in [1.165, 1.54) is 4.90 Å². The fraction of sp³-hybridized carbons (Fsp3) is 0.794. The van der Waals surface area contributed by atoms with E-state index in [-0.39, 0.29) is 76.9 Å². The molecule has 3 fully saturated rings. The highest BCUT2D eigenvalue weighted by Crippen LogP contribution is 2.43. The van der Waals surface area contributed by atoms with Crippen molar-refractivity contribution < 1.29 is 61.6 Å². The van der Waals surface area contributed by atoms with Crippen LogP contribution < -0.4 is 0 Å². The number of carbonyl (C=O) groups is 5. The summed E-state index contributed by atoms with van der Waals surface area (Å²) in [6.45, 7) is 35.5. The van der Waals surface area contributed by atoms with Crippen LogP contribution in [0.25, 0.3) is 0 Å². The lowest BCUT2D eigenvalue weighted by Crippen LogP contribution is -2.61. The predicted molar refractivity (Wildman–Crippen MR) is 317 cm³/mol. The van der Waals surface area contributed by atoms with Crippen LogP contribution in [0.15, 0.2) is 47.6 Å². The average Bonchev–Trinajstić information content (AvgIpc) is 3.37. The van der Waals surface area contributed by atoms with E-state index in [0.29, 0.717) is 50.5 Å². The number of allylic oxidation sites excluding steroid dienone is 6. The molecule has 1 amide bonds. The molecule has 4 rings (SSSR count). The van der Waals surface area contributed by atoms with Crippen molar-refractivity contribution in [1.82, 2.24) is 4.90 Å². The van der Waals surface area contributed by atoms with E-state index < -0.39 is 88.5 Å². The number of hydrogen-bond donors (Lipinski definition) is 1. The Labute approximate surface area is 479 Å². The monoisotopic (exact) mass is 1140 g/mol. The number of methoxy groups -OCH3 is 3. The minimum absolute atomic E-state index is 0.0337. The molecule has 0 radical (unpaired) electrons. The van der Waals surface area contributed by atoms with Crippen molar-refractivity contribution in [3.8, 4) is 0 Å². The minimum Gasteiger partial charge on any atom is -0.460 e. The van der Waals surface area contributed by atoms with Crippen LogP contribution in [-0.2, 0) is 56.5 Å². The summed E-state index contributed by atoms with van der Waals surface area (Å²) in [6.07, 6.45) is 14.1. The van der Waals surface area contributed by atoms with Gasteiger partial charge in [0.25, 0.3) is 11.7 Å². The van der Waals surface area contributed by atoms with Crippen molar-refractivity contribution in [1.29, 1.82) is 0 Å². The number of hydrogen-bond acceptors (Lipinski definition) is 13. The first-order chi connectivity index (χ1) is 36.6. The first-order valence-corrected chi connectivity index (χ1v) is 35.6. The van der Waals surface area contributed by atoms with Crippen LogP contribution in [-0.4, -0.2) is 138 Å². The predicted octanol–water partition coefficient (Wildman–Crippen LogP) is 12.2. The molecule has 2 saturated heterocycles. The van der Waals surface area contributed by atoms with E-state index >= 15 is 0 Å². The maximum absolute atomic E-state index is 14.8. The standard InChI is InChI=1S/C63H107NO13Si2/c1-40-26-22-21-23-27-41(2)52(71-14)38-48-31-29-46(7)63(70,75-48)58(67)59(68)64-33-25-24-28-49(64)60(69)74-53(43(4)36-47-30-32-51(54(37-47)72-15)76-78(17,18)61(8,9)10)39-50(65)42(3)35-45(6)56(77-79(19,20)62(11,12)13)57(73-16)55(66)44(5)34-40/h21-23,26-27,35,40,42-44,46-49,51-54,56-57,70H,24-25,28-34,36-39H2,1-20H3/b23-21+,26-22-,41-27+,45-35+/t40-,42-,43-,44-,46-,47+,48+,49+,51-,52+,53+,54-,56-,57+,63-/m1/s1. The van der Waals surface area contributed by atoms with Gasteiger partial charge in [-0.05, 0) is 143 Å². The van der Waals surface area contributed by atoms with Gasteiger partial charge in [0.05, 0.1) is 30.5 Å². The maximum Gasteiger partial charge on any atom is 0.329 e. The summed E-state index contributed by atoms with van der Waals surface area (Å²) in [5.74, 6) is -7.30. The van der Waals surface area contributed by atoms with Gasteiger partial charge in [0.15, 0.2) is 22.4 Å². The van der Waals surface area contributed by atoms with Crippen LogP contribution in [0.5, 0.6) is 0 Å². The molecule has 0 aromatic carbocycles. The Kier molecular flexibility index (Phi) is 25.2. The number of aliphatic hydroxyl groups is 1. The zero-order valence-corrected chi connectivity index (χ0v) is 54.5. The van der Waals surface area contributed by atoms with Gasteiger partial charge in [0.2, 0.25) is 5.79 Å². The number of nitrogens with zero attached hydrogens (tertiary/aromatic N) is 1. The van der Waals surface area contributed by atoms with E-state index in [1.54, 1.807) is 28.3 Å². The summed E-state index contributed by atoms with van der Waals surface area (Å²) < 4.78 is 45.0. The van der Waals surface area contributed by atoms with E-state index in [1.807, 2.05) is 65.0 Å². The molecule has 450 valence electrons. The van der Waals surface area contributed by atoms with Gasteiger partial charge in [-0.2, -0.15) is 0 Å². The number of rotatable bonds is 10. The number of ether oxygens (including phenoxy) is 5. The van der Waals surface area contributed by atoms with Crippen molar-refractivity contribution in [2.75, 3.05) is 27.9 Å². The smallest absolute Gasteiger partial charge is 0.329 e. The van der Waals surface area contributed by atoms with Gasteiger partial charge in [-0.1, -0.05) is 113 Å². The molecule has 3 aliphatic heterocycles. The molecule has 1 N–H and O–H groups in total. The van der Waals surface area contributed by atoms with Crippen molar-refractivity contribution in [2.24, 2.45) is 35.5 Å². The van der Waals surface area contributed by atoms with Crippen LogP contribution in [0.2, 0.25) is 36.3 Å². The number of amides is 1. The molecule has 1 aliphatic carbocycles. The topological polar surface area (TPSA) is 173 Å². The maximum atomic E-state index is 14.8. The molecule has 0 spiro atoms. The summed E-state index contributed by atoms with van der Waals surface area (Å²) in [5.41, 5.74) is 1.60. The fourth-order valence-corrected chi connectivity index (χ4v) is 14.1. The van der Waals surface area contributed by atoms with Crippen molar-refractivity contribution in [2.45, 2.75) is 258 Å². The summed E-state index contributed by atoms with van der Waals surface area (Å²) in [4.78, 5) is 74.5. The number of Topliss-reactive ketones (excluding diaryl/α,β-unsaturated/α-hetero) is 3. The highest BCUT2D eigenvalue weighted by Gasteiger charge is 2.53. The minimum atomic E-state index is -2.54. The van der Waals surface area contributed by atoms with E-state index in [4.69, 9.17) is 32.5 Å². The Balaban J connectivity index is 1.80. The molecular weight excluding hydrogens is 1030 g/mol. The van der Waals surface area contributed by atoms with Crippen LogP contribution in [0.1, 0.15) is 167 Å².